The van der Waals surface area contributed by atoms with Gasteiger partial charge in [0.2, 0.25) is 15.2 Å². The number of nitrogens with one attached hydrogen (secondary N) is 1. The van der Waals surface area contributed by atoms with Crippen LogP contribution in [0.15, 0.2) is 46.7 Å². The van der Waals surface area contributed by atoms with Gasteiger partial charge in [0, 0.05) is 24.0 Å². The molecule has 0 bridgehead atoms. The monoisotopic (exact) mass is 362 g/mol. The van der Waals surface area contributed by atoms with Crippen molar-refractivity contribution in [2.45, 2.75) is 25.2 Å². The summed E-state index contributed by atoms with van der Waals surface area (Å²) in [4.78, 5) is 4.80. The Kier molecular flexibility index (Phi) is 4.79. The molecule has 0 unspecified atom stereocenters. The number of benzene rings is 1. The zero-order valence-corrected chi connectivity index (χ0v) is 15.1. The van der Waals surface area contributed by atoms with Crippen LogP contribution in [0.4, 0.5) is 0 Å². The van der Waals surface area contributed by atoms with Crippen LogP contribution in [0, 0.1) is 13.8 Å². The summed E-state index contributed by atoms with van der Waals surface area (Å²) in [6, 6.07) is 10.3. The fourth-order valence-corrected chi connectivity index (χ4v) is 4.25. The normalized spacial score (nSPS) is 11.8. The Morgan fingerprint density at radius 1 is 1.21 bits per heavy atom. The molecule has 0 spiro atoms. The van der Waals surface area contributed by atoms with Gasteiger partial charge in [0.15, 0.2) is 0 Å². The minimum Gasteiger partial charge on any atom is -0.223 e. The van der Waals surface area contributed by atoms with Crippen LogP contribution in [0.25, 0.3) is 5.13 Å². The molecule has 0 atom stereocenters. The molecule has 0 fully saturated rings. The van der Waals surface area contributed by atoms with Gasteiger partial charge in [-0.25, -0.2) is 22.8 Å². The van der Waals surface area contributed by atoms with E-state index in [4.69, 9.17) is 0 Å². The highest BCUT2D eigenvalue weighted by Crippen LogP contribution is 2.17. The average Bonchev–Trinajstić information content (AvgIpc) is 3.14. The molecule has 2 heterocycles. The van der Waals surface area contributed by atoms with E-state index in [1.807, 2.05) is 25.3 Å². The highest BCUT2D eigenvalue weighted by atomic mass is 32.2. The average molecular weight is 362 g/mol. The maximum atomic E-state index is 12.2. The van der Waals surface area contributed by atoms with Crippen molar-refractivity contribution in [1.29, 1.82) is 0 Å². The number of rotatable bonds is 6. The molecule has 3 aromatic rings. The fourth-order valence-electron chi connectivity index (χ4n) is 2.33. The number of hydrogen-bond acceptors (Lipinski definition) is 5. The number of sulfonamides is 1. The van der Waals surface area contributed by atoms with Crippen molar-refractivity contribution >= 4 is 21.4 Å². The molecule has 0 radical (unpaired) electrons. The topological polar surface area (TPSA) is 76.9 Å². The minimum atomic E-state index is -3.47. The standard InChI is InChI=1S/C16H18N4O2S2/c1-12-10-13(2)20(19-12)16-18-14(11-23-16)8-9-17-24(21,22)15-6-4-3-5-7-15/h3-7,10-11,17H,8-9H2,1-2H3. The summed E-state index contributed by atoms with van der Waals surface area (Å²) >= 11 is 1.50. The molecular weight excluding hydrogens is 344 g/mol. The first-order valence-electron chi connectivity index (χ1n) is 7.48. The first-order valence-corrected chi connectivity index (χ1v) is 9.85. The van der Waals surface area contributed by atoms with Gasteiger partial charge in [-0.05, 0) is 32.0 Å². The molecule has 24 heavy (non-hydrogen) atoms. The molecule has 2 aromatic heterocycles. The molecule has 0 aliphatic rings. The number of nitrogens with zero attached hydrogens (tertiary/aromatic N) is 3. The lowest BCUT2D eigenvalue weighted by Gasteiger charge is -2.05. The third kappa shape index (κ3) is 3.72. The summed E-state index contributed by atoms with van der Waals surface area (Å²) in [6.45, 7) is 4.23. The predicted molar refractivity (Wildman–Crippen MR) is 94.0 cm³/mol. The van der Waals surface area contributed by atoms with Crippen LogP contribution in [-0.2, 0) is 16.4 Å². The Balaban J connectivity index is 1.63. The molecule has 1 N–H and O–H groups in total. The number of aromatic nitrogens is 3. The number of aryl methyl sites for hydroxylation is 2. The van der Waals surface area contributed by atoms with Crippen molar-refractivity contribution in [2.24, 2.45) is 0 Å². The largest absolute Gasteiger partial charge is 0.240 e. The van der Waals surface area contributed by atoms with E-state index in [-0.39, 0.29) is 4.90 Å². The van der Waals surface area contributed by atoms with Crippen molar-refractivity contribution in [3.05, 3.63) is 58.9 Å². The molecule has 1 aromatic carbocycles. The van der Waals surface area contributed by atoms with Gasteiger partial charge in [0.25, 0.3) is 0 Å². The van der Waals surface area contributed by atoms with Crippen LogP contribution in [0.3, 0.4) is 0 Å². The van der Waals surface area contributed by atoms with E-state index >= 15 is 0 Å². The molecule has 0 amide bonds. The second-order valence-electron chi connectivity index (χ2n) is 5.42. The van der Waals surface area contributed by atoms with E-state index in [0.29, 0.717) is 13.0 Å². The summed E-state index contributed by atoms with van der Waals surface area (Å²) < 4.78 is 28.7. The molecule has 3 rings (SSSR count). The molecule has 0 saturated carbocycles. The zero-order valence-electron chi connectivity index (χ0n) is 13.4. The molecule has 0 saturated heterocycles. The predicted octanol–water partition coefficient (Wildman–Crippen LogP) is 2.47. The van der Waals surface area contributed by atoms with Gasteiger partial charge in [-0.2, -0.15) is 5.10 Å². The Labute approximate surface area is 145 Å². The van der Waals surface area contributed by atoms with Gasteiger partial charge in [0.1, 0.15) is 0 Å². The van der Waals surface area contributed by atoms with Crippen molar-refractivity contribution in [1.82, 2.24) is 19.5 Å². The van der Waals surface area contributed by atoms with E-state index in [2.05, 4.69) is 14.8 Å². The second kappa shape index (κ2) is 6.84. The molecule has 0 aliphatic heterocycles. The lowest BCUT2D eigenvalue weighted by molar-refractivity contribution is 0.581. The molecule has 0 aliphatic carbocycles. The van der Waals surface area contributed by atoms with Gasteiger partial charge in [0.05, 0.1) is 16.3 Å². The summed E-state index contributed by atoms with van der Waals surface area (Å²) in [5.74, 6) is 0. The van der Waals surface area contributed by atoms with Crippen LogP contribution in [0.1, 0.15) is 17.1 Å². The number of hydrogen-bond donors (Lipinski definition) is 1. The van der Waals surface area contributed by atoms with Crippen molar-refractivity contribution in [2.75, 3.05) is 6.54 Å². The summed E-state index contributed by atoms with van der Waals surface area (Å²) in [5, 5.41) is 7.13. The zero-order chi connectivity index (χ0) is 17.2. The summed E-state index contributed by atoms with van der Waals surface area (Å²) in [6.07, 6.45) is 0.530. The van der Waals surface area contributed by atoms with Gasteiger partial charge in [-0.15, -0.1) is 11.3 Å². The van der Waals surface area contributed by atoms with Crippen LogP contribution in [0.2, 0.25) is 0 Å². The smallest absolute Gasteiger partial charge is 0.223 e. The Hall–Kier alpha value is -2.03. The number of thiazole rings is 1. The summed E-state index contributed by atoms with van der Waals surface area (Å²) in [5.41, 5.74) is 2.82. The van der Waals surface area contributed by atoms with E-state index in [9.17, 15) is 8.42 Å². The van der Waals surface area contributed by atoms with Crippen LogP contribution >= 0.6 is 11.3 Å². The maximum Gasteiger partial charge on any atom is 0.240 e. The minimum absolute atomic E-state index is 0.270. The van der Waals surface area contributed by atoms with Crippen molar-refractivity contribution in [3.63, 3.8) is 0 Å². The third-order valence-corrected chi connectivity index (χ3v) is 5.80. The SMILES string of the molecule is Cc1cc(C)n(-c2nc(CCNS(=O)(=O)c3ccccc3)cs2)n1. The van der Waals surface area contributed by atoms with Crippen LogP contribution < -0.4 is 4.72 Å². The maximum absolute atomic E-state index is 12.2. The van der Waals surface area contributed by atoms with E-state index in [0.717, 1.165) is 22.2 Å². The Morgan fingerprint density at radius 2 is 1.96 bits per heavy atom. The Bertz CT molecular complexity index is 930. The quantitative estimate of drug-likeness (QED) is 0.731. The van der Waals surface area contributed by atoms with Gasteiger partial charge >= 0.3 is 0 Å². The van der Waals surface area contributed by atoms with Gasteiger partial charge in [-0.3, -0.25) is 0 Å². The molecular formula is C16H18N4O2S2. The third-order valence-electron chi connectivity index (χ3n) is 3.46. The van der Waals surface area contributed by atoms with Crippen LogP contribution in [0.5, 0.6) is 0 Å². The molecule has 6 nitrogen and oxygen atoms in total. The Morgan fingerprint density at radius 3 is 2.62 bits per heavy atom. The van der Waals surface area contributed by atoms with Gasteiger partial charge in [-0.1, -0.05) is 18.2 Å². The highest BCUT2D eigenvalue weighted by molar-refractivity contribution is 7.89. The molecule has 126 valence electrons. The summed E-state index contributed by atoms with van der Waals surface area (Å²) in [7, 11) is -3.47. The lowest BCUT2D eigenvalue weighted by Crippen LogP contribution is -2.26. The first kappa shape index (κ1) is 16.8. The van der Waals surface area contributed by atoms with Crippen molar-refractivity contribution < 1.29 is 8.42 Å². The fraction of sp³-hybridized carbons (Fsp3) is 0.250. The van der Waals surface area contributed by atoms with E-state index < -0.39 is 10.0 Å². The van der Waals surface area contributed by atoms with E-state index in [1.54, 1.807) is 35.0 Å². The lowest BCUT2D eigenvalue weighted by atomic mass is 10.3. The van der Waals surface area contributed by atoms with Gasteiger partial charge < -0.3 is 0 Å². The van der Waals surface area contributed by atoms with E-state index in [1.165, 1.54) is 11.3 Å². The first-order chi connectivity index (χ1) is 11.5. The highest BCUT2D eigenvalue weighted by Gasteiger charge is 2.13. The molecule has 8 heteroatoms. The second-order valence-corrected chi connectivity index (χ2v) is 8.02. The van der Waals surface area contributed by atoms with Crippen LogP contribution in [-0.4, -0.2) is 29.7 Å². The van der Waals surface area contributed by atoms with Crippen molar-refractivity contribution in [3.8, 4) is 5.13 Å².